The first-order valence-corrected chi connectivity index (χ1v) is 8.12. The number of hydrogen-bond acceptors (Lipinski definition) is 3. The molecule has 0 aliphatic carbocycles. The van der Waals surface area contributed by atoms with Crippen LogP contribution in [0.15, 0.2) is 0 Å². The average molecular weight is 288 g/mol. The van der Waals surface area contributed by atoms with Gasteiger partial charge in [-0.1, -0.05) is 0 Å². The number of carbonyl (C=O) groups excluding carboxylic acids is 1. The molecule has 2 unspecified atom stereocenters. The van der Waals surface area contributed by atoms with E-state index in [0.29, 0.717) is 24.5 Å². The topological polar surface area (TPSA) is 86.7 Å². The molecule has 6 nitrogen and oxygen atoms in total. The number of likely N-dealkylation sites (tertiary alicyclic amines) is 1. The molecule has 0 bridgehead atoms. The quantitative estimate of drug-likeness (QED) is 0.770. The summed E-state index contributed by atoms with van der Waals surface area (Å²) in [6.45, 7) is 2.27. The summed E-state index contributed by atoms with van der Waals surface area (Å²) in [6.07, 6.45) is 1.99. The molecule has 0 saturated carbocycles. The first-order valence-electron chi connectivity index (χ1n) is 6.64. The monoisotopic (exact) mass is 288 g/mol. The minimum atomic E-state index is -0.837. The molecule has 2 rings (SSSR count). The Morgan fingerprint density at radius 1 is 1.26 bits per heavy atom. The Kier molecular flexibility index (Phi) is 4.44. The number of amides is 2. The van der Waals surface area contributed by atoms with Crippen molar-refractivity contribution in [3.05, 3.63) is 0 Å². The molecule has 0 spiro atoms. The van der Waals surface area contributed by atoms with Gasteiger partial charge in [0.1, 0.15) is 0 Å². The zero-order chi connectivity index (χ0) is 14.0. The molecule has 0 aromatic heterocycles. The summed E-state index contributed by atoms with van der Waals surface area (Å²) < 4.78 is 11.2. The molecule has 7 heteroatoms. The molecule has 2 saturated heterocycles. The summed E-state index contributed by atoms with van der Waals surface area (Å²) in [5.74, 6) is -0.0308. The summed E-state index contributed by atoms with van der Waals surface area (Å²) in [7, 11) is -0.739. The molecular formula is C12H20N2O4S. The van der Waals surface area contributed by atoms with Crippen LogP contribution in [-0.2, 0) is 15.6 Å². The van der Waals surface area contributed by atoms with Gasteiger partial charge in [-0.2, -0.15) is 0 Å². The Hall–Kier alpha value is -1.11. The van der Waals surface area contributed by atoms with E-state index in [1.807, 2.05) is 0 Å². The second kappa shape index (κ2) is 5.90. The standard InChI is InChI=1S/C12H20N2O4S/c1-8-10(11(15)16)2-5-14(8)12(17)13-9-3-6-19(18)7-4-9/h8-10H,2-7H2,1H3,(H,13,17)(H,15,16). The van der Waals surface area contributed by atoms with Crippen molar-refractivity contribution in [2.24, 2.45) is 5.92 Å². The number of rotatable bonds is 2. The van der Waals surface area contributed by atoms with E-state index in [-0.39, 0.29) is 18.1 Å². The van der Waals surface area contributed by atoms with Gasteiger partial charge in [0.25, 0.3) is 0 Å². The number of aliphatic carboxylic acids is 1. The number of nitrogens with one attached hydrogen (secondary N) is 1. The van der Waals surface area contributed by atoms with Crippen LogP contribution in [0.25, 0.3) is 0 Å². The van der Waals surface area contributed by atoms with Gasteiger partial charge in [0.2, 0.25) is 0 Å². The van der Waals surface area contributed by atoms with Gasteiger partial charge in [-0.05, 0) is 26.2 Å². The van der Waals surface area contributed by atoms with E-state index in [4.69, 9.17) is 5.11 Å². The molecule has 2 aliphatic rings. The zero-order valence-electron chi connectivity index (χ0n) is 11.0. The highest BCUT2D eigenvalue weighted by Crippen LogP contribution is 2.24. The van der Waals surface area contributed by atoms with Gasteiger partial charge in [-0.3, -0.25) is 9.00 Å². The second-order valence-electron chi connectivity index (χ2n) is 5.24. The van der Waals surface area contributed by atoms with Crippen molar-refractivity contribution in [2.75, 3.05) is 18.1 Å². The van der Waals surface area contributed by atoms with Crippen molar-refractivity contribution in [3.63, 3.8) is 0 Å². The first kappa shape index (κ1) is 14.3. The maximum atomic E-state index is 12.1. The van der Waals surface area contributed by atoms with Gasteiger partial charge >= 0.3 is 12.0 Å². The molecule has 2 atom stereocenters. The van der Waals surface area contributed by atoms with E-state index < -0.39 is 22.7 Å². The third-order valence-corrected chi connectivity index (χ3v) is 5.43. The average Bonchev–Trinajstić information content (AvgIpc) is 2.74. The second-order valence-corrected chi connectivity index (χ2v) is 6.94. The number of hydrogen-bond donors (Lipinski definition) is 2. The Morgan fingerprint density at radius 3 is 2.42 bits per heavy atom. The Labute approximate surface area is 115 Å². The van der Waals surface area contributed by atoms with E-state index in [2.05, 4.69) is 5.32 Å². The largest absolute Gasteiger partial charge is 0.481 e. The van der Waals surface area contributed by atoms with Crippen molar-refractivity contribution in [3.8, 4) is 0 Å². The summed E-state index contributed by atoms with van der Waals surface area (Å²) in [5, 5.41) is 12.0. The lowest BCUT2D eigenvalue weighted by Crippen LogP contribution is -2.49. The van der Waals surface area contributed by atoms with E-state index in [0.717, 1.165) is 12.8 Å². The maximum absolute atomic E-state index is 12.1. The summed E-state index contributed by atoms with van der Waals surface area (Å²) >= 11 is 0. The van der Waals surface area contributed by atoms with Gasteiger partial charge < -0.3 is 15.3 Å². The van der Waals surface area contributed by atoms with Gasteiger partial charge in [-0.25, -0.2) is 4.79 Å². The van der Waals surface area contributed by atoms with Crippen molar-refractivity contribution in [1.29, 1.82) is 0 Å². The predicted molar refractivity (Wildman–Crippen MR) is 71.3 cm³/mol. The normalized spacial score (nSPS) is 35.1. The minimum absolute atomic E-state index is 0.0706. The van der Waals surface area contributed by atoms with E-state index in [9.17, 15) is 13.8 Å². The molecule has 2 amide bonds. The SMILES string of the molecule is CC1C(C(=O)O)CCN1C(=O)NC1CCS(=O)CC1. The Morgan fingerprint density at radius 2 is 1.89 bits per heavy atom. The van der Waals surface area contributed by atoms with Gasteiger partial charge in [-0.15, -0.1) is 0 Å². The maximum Gasteiger partial charge on any atom is 0.317 e. The lowest BCUT2D eigenvalue weighted by Gasteiger charge is -2.28. The van der Waals surface area contributed by atoms with E-state index in [1.54, 1.807) is 11.8 Å². The van der Waals surface area contributed by atoms with Crippen LogP contribution in [-0.4, -0.2) is 56.3 Å². The van der Waals surface area contributed by atoms with Crippen LogP contribution in [0, 0.1) is 5.92 Å². The highest BCUT2D eigenvalue weighted by molar-refractivity contribution is 7.85. The highest BCUT2D eigenvalue weighted by Gasteiger charge is 2.38. The number of urea groups is 1. The predicted octanol–water partition coefficient (Wildman–Crippen LogP) is 0.402. The zero-order valence-corrected chi connectivity index (χ0v) is 11.8. The molecular weight excluding hydrogens is 268 g/mol. The number of carboxylic acids is 1. The van der Waals surface area contributed by atoms with Gasteiger partial charge in [0, 0.05) is 40.9 Å². The van der Waals surface area contributed by atoms with Crippen molar-refractivity contribution >= 4 is 22.8 Å². The number of nitrogens with zero attached hydrogens (tertiary/aromatic N) is 1. The van der Waals surface area contributed by atoms with Crippen molar-refractivity contribution in [2.45, 2.75) is 38.3 Å². The van der Waals surface area contributed by atoms with Crippen LogP contribution < -0.4 is 5.32 Å². The molecule has 108 valence electrons. The van der Waals surface area contributed by atoms with Crippen LogP contribution >= 0.6 is 0 Å². The fourth-order valence-corrected chi connectivity index (χ4v) is 4.05. The summed E-state index contributed by atoms with van der Waals surface area (Å²) in [6, 6.07) is -0.384. The summed E-state index contributed by atoms with van der Waals surface area (Å²) in [5.41, 5.74) is 0. The third kappa shape index (κ3) is 3.26. The lowest BCUT2D eigenvalue weighted by molar-refractivity contribution is -0.142. The van der Waals surface area contributed by atoms with Crippen LogP contribution in [0.3, 0.4) is 0 Å². The lowest BCUT2D eigenvalue weighted by atomic mass is 10.0. The fourth-order valence-electron chi connectivity index (χ4n) is 2.75. The van der Waals surface area contributed by atoms with Crippen LogP contribution in [0.5, 0.6) is 0 Å². The van der Waals surface area contributed by atoms with Crippen LogP contribution in [0.1, 0.15) is 26.2 Å². The summed E-state index contributed by atoms with van der Waals surface area (Å²) in [4.78, 5) is 24.7. The molecule has 19 heavy (non-hydrogen) atoms. The molecule has 0 radical (unpaired) electrons. The van der Waals surface area contributed by atoms with Crippen LogP contribution in [0.2, 0.25) is 0 Å². The molecule has 2 aliphatic heterocycles. The highest BCUT2D eigenvalue weighted by atomic mass is 32.2. The van der Waals surface area contributed by atoms with Gasteiger partial charge in [0.05, 0.1) is 5.92 Å². The Bertz CT molecular complexity index is 391. The Balaban J connectivity index is 1.87. The molecule has 2 fully saturated rings. The first-order chi connectivity index (χ1) is 8.99. The van der Waals surface area contributed by atoms with Crippen LogP contribution in [0.4, 0.5) is 4.79 Å². The molecule has 0 aromatic carbocycles. The smallest absolute Gasteiger partial charge is 0.317 e. The fraction of sp³-hybridized carbons (Fsp3) is 0.833. The van der Waals surface area contributed by atoms with Crippen molar-refractivity contribution in [1.82, 2.24) is 10.2 Å². The molecule has 2 heterocycles. The van der Waals surface area contributed by atoms with E-state index >= 15 is 0 Å². The molecule has 0 aromatic rings. The minimum Gasteiger partial charge on any atom is -0.481 e. The number of carboxylic acid groups (broad SMARTS) is 1. The number of carbonyl (C=O) groups is 2. The molecule has 2 N–H and O–H groups in total. The van der Waals surface area contributed by atoms with E-state index in [1.165, 1.54) is 0 Å². The van der Waals surface area contributed by atoms with Crippen molar-refractivity contribution < 1.29 is 18.9 Å². The van der Waals surface area contributed by atoms with Gasteiger partial charge in [0.15, 0.2) is 0 Å². The third-order valence-electron chi connectivity index (χ3n) is 4.05.